The number of nitrogens with zero attached hydrogens (tertiary/aromatic N) is 1. The number of benzene rings is 1. The van der Waals surface area contributed by atoms with Crippen molar-refractivity contribution in [1.82, 2.24) is 10.3 Å². The number of hydrogen-bond donors (Lipinski definition) is 2. The highest BCUT2D eigenvalue weighted by Crippen LogP contribution is 2.07. The Morgan fingerprint density at radius 2 is 2.00 bits per heavy atom. The van der Waals surface area contributed by atoms with E-state index >= 15 is 0 Å². The number of aryl methyl sites for hydroxylation is 1. The molecule has 4 nitrogen and oxygen atoms in total. The van der Waals surface area contributed by atoms with E-state index in [-0.39, 0.29) is 11.8 Å². The SMILES string of the molecule is Cc1ccc(CN(C)CC(C)C(=O)NN)cc1. The molecule has 0 fully saturated rings. The minimum atomic E-state index is -0.124. The highest BCUT2D eigenvalue weighted by atomic mass is 16.2. The third-order valence-corrected chi connectivity index (χ3v) is 2.75. The van der Waals surface area contributed by atoms with Crippen LogP contribution < -0.4 is 11.3 Å². The van der Waals surface area contributed by atoms with Gasteiger partial charge in [0.25, 0.3) is 0 Å². The van der Waals surface area contributed by atoms with E-state index in [4.69, 9.17) is 5.84 Å². The lowest BCUT2D eigenvalue weighted by Crippen LogP contribution is -2.39. The molecular formula is C13H21N3O. The van der Waals surface area contributed by atoms with Crippen molar-refractivity contribution in [3.63, 3.8) is 0 Å². The molecule has 0 aliphatic rings. The van der Waals surface area contributed by atoms with Crippen molar-refractivity contribution in [2.45, 2.75) is 20.4 Å². The molecule has 1 aromatic rings. The van der Waals surface area contributed by atoms with E-state index in [1.807, 2.05) is 14.0 Å². The van der Waals surface area contributed by atoms with Crippen LogP contribution in [0, 0.1) is 12.8 Å². The molecule has 1 unspecified atom stereocenters. The Labute approximate surface area is 103 Å². The van der Waals surface area contributed by atoms with E-state index in [1.165, 1.54) is 11.1 Å². The van der Waals surface area contributed by atoms with Crippen LogP contribution in [0.2, 0.25) is 0 Å². The second-order valence-electron chi connectivity index (χ2n) is 4.59. The molecule has 0 heterocycles. The first kappa shape index (κ1) is 13.7. The second kappa shape index (κ2) is 6.37. The van der Waals surface area contributed by atoms with Crippen molar-refractivity contribution in [2.75, 3.05) is 13.6 Å². The van der Waals surface area contributed by atoms with Crippen LogP contribution in [0.25, 0.3) is 0 Å². The molecule has 0 aromatic heterocycles. The largest absolute Gasteiger partial charge is 0.301 e. The summed E-state index contributed by atoms with van der Waals surface area (Å²) >= 11 is 0. The first-order chi connectivity index (χ1) is 8.02. The van der Waals surface area contributed by atoms with Gasteiger partial charge in [-0.15, -0.1) is 0 Å². The summed E-state index contributed by atoms with van der Waals surface area (Å²) < 4.78 is 0. The lowest BCUT2D eigenvalue weighted by Gasteiger charge is -2.20. The zero-order valence-electron chi connectivity index (χ0n) is 10.7. The molecule has 1 aromatic carbocycles. The number of rotatable bonds is 5. The predicted octanol–water partition coefficient (Wildman–Crippen LogP) is 1.05. The third-order valence-electron chi connectivity index (χ3n) is 2.75. The van der Waals surface area contributed by atoms with E-state index in [0.717, 1.165) is 6.54 Å². The summed E-state index contributed by atoms with van der Waals surface area (Å²) in [5.41, 5.74) is 4.68. The van der Waals surface area contributed by atoms with Gasteiger partial charge in [-0.25, -0.2) is 5.84 Å². The van der Waals surface area contributed by atoms with Gasteiger partial charge in [-0.1, -0.05) is 36.8 Å². The highest BCUT2D eigenvalue weighted by Gasteiger charge is 2.13. The van der Waals surface area contributed by atoms with Gasteiger partial charge in [-0.05, 0) is 19.5 Å². The Morgan fingerprint density at radius 3 is 2.53 bits per heavy atom. The van der Waals surface area contributed by atoms with Crippen molar-refractivity contribution in [3.8, 4) is 0 Å². The van der Waals surface area contributed by atoms with Crippen molar-refractivity contribution >= 4 is 5.91 Å². The van der Waals surface area contributed by atoms with Gasteiger partial charge in [0, 0.05) is 19.0 Å². The molecule has 1 amide bonds. The Kier molecular flexibility index (Phi) is 5.12. The van der Waals surface area contributed by atoms with Crippen molar-refractivity contribution in [2.24, 2.45) is 11.8 Å². The van der Waals surface area contributed by atoms with Gasteiger partial charge in [0.05, 0.1) is 0 Å². The normalized spacial score (nSPS) is 12.5. The van der Waals surface area contributed by atoms with Crippen LogP contribution in [0.3, 0.4) is 0 Å². The molecule has 1 rings (SSSR count). The first-order valence-electron chi connectivity index (χ1n) is 5.77. The summed E-state index contributed by atoms with van der Waals surface area (Å²) in [5, 5.41) is 0. The number of carbonyl (C=O) groups excluding carboxylic acids is 1. The van der Waals surface area contributed by atoms with Crippen molar-refractivity contribution in [1.29, 1.82) is 0 Å². The zero-order chi connectivity index (χ0) is 12.8. The summed E-state index contributed by atoms with van der Waals surface area (Å²) in [4.78, 5) is 13.4. The minimum absolute atomic E-state index is 0.101. The van der Waals surface area contributed by atoms with Gasteiger partial charge in [-0.2, -0.15) is 0 Å². The zero-order valence-corrected chi connectivity index (χ0v) is 10.7. The van der Waals surface area contributed by atoms with Gasteiger partial charge in [0.1, 0.15) is 0 Å². The van der Waals surface area contributed by atoms with E-state index in [9.17, 15) is 4.79 Å². The molecule has 4 heteroatoms. The summed E-state index contributed by atoms with van der Waals surface area (Å²) in [7, 11) is 2.00. The van der Waals surface area contributed by atoms with E-state index < -0.39 is 0 Å². The Hall–Kier alpha value is -1.39. The van der Waals surface area contributed by atoms with Crippen LogP contribution in [-0.4, -0.2) is 24.4 Å². The summed E-state index contributed by atoms with van der Waals surface area (Å²) in [6.45, 7) is 5.47. The topological polar surface area (TPSA) is 58.4 Å². The highest BCUT2D eigenvalue weighted by molar-refractivity contribution is 5.77. The van der Waals surface area contributed by atoms with E-state index in [2.05, 4.69) is 41.5 Å². The number of nitrogens with two attached hydrogens (primary N) is 1. The average molecular weight is 235 g/mol. The van der Waals surface area contributed by atoms with Crippen LogP contribution in [0.4, 0.5) is 0 Å². The molecule has 0 radical (unpaired) electrons. The van der Waals surface area contributed by atoms with Crippen LogP contribution in [-0.2, 0) is 11.3 Å². The summed E-state index contributed by atoms with van der Waals surface area (Å²) in [5.74, 6) is 4.87. The molecular weight excluding hydrogens is 214 g/mol. The second-order valence-corrected chi connectivity index (χ2v) is 4.59. The monoisotopic (exact) mass is 235 g/mol. The van der Waals surface area contributed by atoms with Gasteiger partial charge >= 0.3 is 0 Å². The average Bonchev–Trinajstić information content (AvgIpc) is 2.30. The molecule has 17 heavy (non-hydrogen) atoms. The summed E-state index contributed by atoms with van der Waals surface area (Å²) in [6.07, 6.45) is 0. The fourth-order valence-corrected chi connectivity index (χ4v) is 1.76. The maximum Gasteiger partial charge on any atom is 0.237 e. The quantitative estimate of drug-likeness (QED) is 0.456. The maximum absolute atomic E-state index is 11.3. The van der Waals surface area contributed by atoms with Crippen molar-refractivity contribution in [3.05, 3.63) is 35.4 Å². The molecule has 3 N–H and O–H groups in total. The minimum Gasteiger partial charge on any atom is -0.301 e. The number of carbonyl (C=O) groups is 1. The van der Waals surface area contributed by atoms with Crippen LogP contribution in [0.5, 0.6) is 0 Å². The fraction of sp³-hybridized carbons (Fsp3) is 0.462. The molecule has 94 valence electrons. The lowest BCUT2D eigenvalue weighted by atomic mass is 10.1. The molecule has 0 aliphatic carbocycles. The molecule has 0 spiro atoms. The summed E-state index contributed by atoms with van der Waals surface area (Å²) in [6, 6.07) is 8.41. The van der Waals surface area contributed by atoms with Gasteiger partial charge in [0.15, 0.2) is 0 Å². The molecule has 0 aliphatic heterocycles. The Bertz CT molecular complexity index is 361. The van der Waals surface area contributed by atoms with Crippen molar-refractivity contribution < 1.29 is 4.79 Å². The fourth-order valence-electron chi connectivity index (χ4n) is 1.76. The number of amides is 1. The number of hydrogen-bond acceptors (Lipinski definition) is 3. The van der Waals surface area contributed by atoms with Crippen LogP contribution in [0.15, 0.2) is 24.3 Å². The number of nitrogens with one attached hydrogen (secondary N) is 1. The molecule has 0 bridgehead atoms. The smallest absolute Gasteiger partial charge is 0.237 e. The van der Waals surface area contributed by atoms with E-state index in [1.54, 1.807) is 0 Å². The third kappa shape index (κ3) is 4.54. The molecule has 1 atom stereocenters. The molecule has 0 saturated heterocycles. The van der Waals surface area contributed by atoms with E-state index in [0.29, 0.717) is 6.54 Å². The lowest BCUT2D eigenvalue weighted by molar-refractivity contribution is -0.125. The van der Waals surface area contributed by atoms with Crippen LogP contribution >= 0.6 is 0 Å². The van der Waals surface area contributed by atoms with Gasteiger partial charge in [-0.3, -0.25) is 10.2 Å². The number of hydrazine groups is 1. The van der Waals surface area contributed by atoms with Gasteiger partial charge in [0.2, 0.25) is 5.91 Å². The predicted molar refractivity (Wildman–Crippen MR) is 69.0 cm³/mol. The molecule has 0 saturated carbocycles. The first-order valence-corrected chi connectivity index (χ1v) is 5.77. The Morgan fingerprint density at radius 1 is 1.41 bits per heavy atom. The van der Waals surface area contributed by atoms with Crippen LogP contribution in [0.1, 0.15) is 18.1 Å². The standard InChI is InChI=1S/C13H21N3O/c1-10-4-6-12(7-5-10)9-16(3)8-11(2)13(17)15-14/h4-7,11H,8-9,14H2,1-3H3,(H,15,17). The van der Waals surface area contributed by atoms with Gasteiger partial charge < -0.3 is 4.90 Å². The maximum atomic E-state index is 11.3. The Balaban J connectivity index is 2.46.